The van der Waals surface area contributed by atoms with Gasteiger partial charge >= 0.3 is 0 Å². The lowest BCUT2D eigenvalue weighted by molar-refractivity contribution is 0.102. The van der Waals surface area contributed by atoms with E-state index in [-0.39, 0.29) is 11.7 Å². The second kappa shape index (κ2) is 7.79. The van der Waals surface area contributed by atoms with Crippen LogP contribution in [0.5, 0.6) is 5.75 Å². The van der Waals surface area contributed by atoms with E-state index in [2.05, 4.69) is 12.2 Å². The summed E-state index contributed by atoms with van der Waals surface area (Å²) >= 11 is 0. The highest BCUT2D eigenvalue weighted by molar-refractivity contribution is 6.13. The van der Waals surface area contributed by atoms with Gasteiger partial charge in [0.25, 0.3) is 5.91 Å². The number of benzene rings is 3. The Kier molecular flexibility index (Phi) is 5.29. The quantitative estimate of drug-likeness (QED) is 0.611. The summed E-state index contributed by atoms with van der Waals surface area (Å²) in [6.45, 7) is 2.80. The highest BCUT2D eigenvalue weighted by Gasteiger charge is 2.12. The minimum absolute atomic E-state index is 0.268. The molecule has 3 nitrogen and oxygen atoms in total. The average Bonchev–Trinajstić information content (AvgIpc) is 2.64. The van der Waals surface area contributed by atoms with Gasteiger partial charge in [0.1, 0.15) is 11.6 Å². The van der Waals surface area contributed by atoms with Crippen LogP contribution >= 0.6 is 0 Å². The van der Waals surface area contributed by atoms with E-state index >= 15 is 0 Å². The summed E-state index contributed by atoms with van der Waals surface area (Å²) in [6.07, 6.45) is 2.09. The van der Waals surface area contributed by atoms with Gasteiger partial charge in [0.05, 0.1) is 6.61 Å². The van der Waals surface area contributed by atoms with Crippen LogP contribution in [0.4, 0.5) is 10.1 Å². The molecule has 0 unspecified atom stereocenters. The standard InChI is InChI=1S/C21H20FNO2/c1-2-3-14-25-16-10-8-15(9-11-16)23-21(24)19-12-13-20(22)18-7-5-4-6-17(18)19/h4-13H,2-3,14H2,1H3,(H,23,24). The van der Waals surface area contributed by atoms with E-state index < -0.39 is 0 Å². The molecule has 0 atom stereocenters. The van der Waals surface area contributed by atoms with Gasteiger partial charge in [-0.15, -0.1) is 0 Å². The van der Waals surface area contributed by atoms with Crippen molar-refractivity contribution in [3.05, 3.63) is 72.0 Å². The normalized spacial score (nSPS) is 10.6. The third-order valence-corrected chi connectivity index (χ3v) is 3.99. The first-order valence-electron chi connectivity index (χ1n) is 8.40. The molecule has 1 amide bonds. The van der Waals surface area contributed by atoms with Crippen LogP contribution in [-0.2, 0) is 0 Å². The zero-order valence-corrected chi connectivity index (χ0v) is 14.1. The molecule has 0 aliphatic heterocycles. The topological polar surface area (TPSA) is 38.3 Å². The van der Waals surface area contributed by atoms with E-state index in [1.54, 1.807) is 36.4 Å². The lowest BCUT2D eigenvalue weighted by Crippen LogP contribution is -2.12. The first-order valence-corrected chi connectivity index (χ1v) is 8.40. The largest absolute Gasteiger partial charge is 0.494 e. The minimum Gasteiger partial charge on any atom is -0.494 e. The van der Waals surface area contributed by atoms with Crippen LogP contribution in [0.3, 0.4) is 0 Å². The van der Waals surface area contributed by atoms with Crippen molar-refractivity contribution in [3.63, 3.8) is 0 Å². The highest BCUT2D eigenvalue weighted by atomic mass is 19.1. The van der Waals surface area contributed by atoms with Gasteiger partial charge in [0.15, 0.2) is 0 Å². The first-order chi connectivity index (χ1) is 12.2. The molecule has 0 bridgehead atoms. The van der Waals surface area contributed by atoms with E-state index in [1.165, 1.54) is 12.1 Å². The van der Waals surface area contributed by atoms with Crippen LogP contribution in [0, 0.1) is 5.82 Å². The number of ether oxygens (including phenoxy) is 1. The molecule has 0 saturated carbocycles. The first kappa shape index (κ1) is 17.0. The second-order valence-electron chi connectivity index (χ2n) is 5.82. The lowest BCUT2D eigenvalue weighted by atomic mass is 10.0. The summed E-state index contributed by atoms with van der Waals surface area (Å²) in [6, 6.07) is 17.0. The molecule has 25 heavy (non-hydrogen) atoms. The number of carbonyl (C=O) groups excluding carboxylic acids is 1. The summed E-state index contributed by atoms with van der Waals surface area (Å²) in [5.41, 5.74) is 1.11. The number of fused-ring (bicyclic) bond motifs is 1. The highest BCUT2D eigenvalue weighted by Crippen LogP contribution is 2.23. The van der Waals surface area contributed by atoms with Gasteiger partial charge in [0, 0.05) is 16.6 Å². The number of unbranched alkanes of at least 4 members (excludes halogenated alkanes) is 1. The van der Waals surface area contributed by atoms with Crippen molar-refractivity contribution in [1.82, 2.24) is 0 Å². The third kappa shape index (κ3) is 3.97. The van der Waals surface area contributed by atoms with Crippen LogP contribution in [0.2, 0.25) is 0 Å². The maximum atomic E-state index is 13.9. The molecule has 3 aromatic rings. The molecule has 0 aliphatic rings. The van der Waals surface area contributed by atoms with Gasteiger partial charge in [-0.1, -0.05) is 37.6 Å². The van der Waals surface area contributed by atoms with Crippen LogP contribution in [0.25, 0.3) is 10.8 Å². The number of hydrogen-bond acceptors (Lipinski definition) is 2. The zero-order chi connectivity index (χ0) is 17.6. The van der Waals surface area contributed by atoms with Crippen LogP contribution in [0.1, 0.15) is 30.1 Å². The molecule has 0 radical (unpaired) electrons. The molecule has 0 heterocycles. The van der Waals surface area contributed by atoms with Gasteiger partial charge < -0.3 is 10.1 Å². The number of amides is 1. The molecule has 0 spiro atoms. The molecule has 0 fully saturated rings. The van der Waals surface area contributed by atoms with Crippen molar-refractivity contribution >= 4 is 22.4 Å². The average molecular weight is 337 g/mol. The van der Waals surface area contributed by atoms with E-state index in [9.17, 15) is 9.18 Å². The Morgan fingerprint density at radius 2 is 1.72 bits per heavy atom. The van der Waals surface area contributed by atoms with E-state index in [0.29, 0.717) is 28.6 Å². The van der Waals surface area contributed by atoms with Crippen LogP contribution < -0.4 is 10.1 Å². The fourth-order valence-corrected chi connectivity index (χ4v) is 2.63. The Labute approximate surface area is 146 Å². The maximum absolute atomic E-state index is 13.9. The summed E-state index contributed by atoms with van der Waals surface area (Å²) < 4.78 is 19.5. The third-order valence-electron chi connectivity index (χ3n) is 3.99. The Morgan fingerprint density at radius 1 is 1.00 bits per heavy atom. The van der Waals surface area contributed by atoms with Gasteiger partial charge in [-0.25, -0.2) is 4.39 Å². The fourth-order valence-electron chi connectivity index (χ4n) is 2.63. The van der Waals surface area contributed by atoms with Crippen molar-refractivity contribution in [2.24, 2.45) is 0 Å². The predicted molar refractivity (Wildman–Crippen MR) is 98.7 cm³/mol. The molecule has 3 rings (SSSR count). The predicted octanol–water partition coefficient (Wildman–Crippen LogP) is 5.41. The molecule has 4 heteroatoms. The number of hydrogen-bond donors (Lipinski definition) is 1. The van der Waals surface area contributed by atoms with Gasteiger partial charge in [-0.05, 0) is 48.2 Å². The van der Waals surface area contributed by atoms with Crippen LogP contribution in [0.15, 0.2) is 60.7 Å². The Bertz CT molecular complexity index is 875. The fraction of sp³-hybridized carbons (Fsp3) is 0.190. The van der Waals surface area contributed by atoms with Crippen molar-refractivity contribution in [2.75, 3.05) is 11.9 Å². The van der Waals surface area contributed by atoms with Gasteiger partial charge in [-0.2, -0.15) is 0 Å². The molecule has 0 aliphatic carbocycles. The SMILES string of the molecule is CCCCOc1ccc(NC(=O)c2ccc(F)c3ccccc23)cc1. The van der Waals surface area contributed by atoms with E-state index in [4.69, 9.17) is 4.74 Å². The molecule has 3 aromatic carbocycles. The van der Waals surface area contributed by atoms with Crippen molar-refractivity contribution < 1.29 is 13.9 Å². The number of nitrogens with one attached hydrogen (secondary N) is 1. The Hall–Kier alpha value is -2.88. The van der Waals surface area contributed by atoms with Crippen LogP contribution in [-0.4, -0.2) is 12.5 Å². The van der Waals surface area contributed by atoms with E-state index in [0.717, 1.165) is 18.6 Å². The molecule has 0 saturated heterocycles. The van der Waals surface area contributed by atoms with Gasteiger partial charge in [0.2, 0.25) is 0 Å². The maximum Gasteiger partial charge on any atom is 0.256 e. The monoisotopic (exact) mass is 337 g/mol. The van der Waals surface area contributed by atoms with Gasteiger partial charge in [-0.3, -0.25) is 4.79 Å². The van der Waals surface area contributed by atoms with E-state index in [1.807, 2.05) is 12.1 Å². The van der Waals surface area contributed by atoms with Crippen molar-refractivity contribution in [1.29, 1.82) is 0 Å². The minimum atomic E-state index is -0.333. The second-order valence-corrected chi connectivity index (χ2v) is 5.82. The van der Waals surface area contributed by atoms with Crippen molar-refractivity contribution in [2.45, 2.75) is 19.8 Å². The molecule has 1 N–H and O–H groups in total. The summed E-state index contributed by atoms with van der Waals surface area (Å²) in [7, 11) is 0. The molecular weight excluding hydrogens is 317 g/mol. The molecule has 128 valence electrons. The number of anilines is 1. The smallest absolute Gasteiger partial charge is 0.256 e. The number of carbonyl (C=O) groups is 1. The van der Waals surface area contributed by atoms with Crippen molar-refractivity contribution in [3.8, 4) is 5.75 Å². The molecular formula is C21H20FNO2. The Balaban J connectivity index is 1.75. The lowest BCUT2D eigenvalue weighted by Gasteiger charge is -2.10. The summed E-state index contributed by atoms with van der Waals surface area (Å²) in [5, 5.41) is 3.88. The molecule has 0 aromatic heterocycles. The number of rotatable bonds is 6. The zero-order valence-electron chi connectivity index (χ0n) is 14.1. The number of halogens is 1. The summed E-state index contributed by atoms with van der Waals surface area (Å²) in [5.74, 6) is 0.176. The Morgan fingerprint density at radius 3 is 2.44 bits per heavy atom. The summed E-state index contributed by atoms with van der Waals surface area (Å²) in [4.78, 5) is 12.6.